The fourth-order valence-corrected chi connectivity index (χ4v) is 0.946. The van der Waals surface area contributed by atoms with Crippen LogP contribution in [0.4, 0.5) is 0 Å². The van der Waals surface area contributed by atoms with Crippen LogP contribution in [-0.4, -0.2) is 11.9 Å². The Hall–Kier alpha value is -1.35. The lowest BCUT2D eigenvalue weighted by Gasteiger charge is -2.06. The van der Waals surface area contributed by atoms with Gasteiger partial charge in [-0.3, -0.25) is 4.79 Å². The molecule has 13 heavy (non-hydrogen) atoms. The van der Waals surface area contributed by atoms with Crippen molar-refractivity contribution in [1.82, 2.24) is 5.32 Å². The maximum Gasteiger partial charge on any atom is 0.236 e. The van der Waals surface area contributed by atoms with E-state index in [0.29, 0.717) is 6.54 Å². The lowest BCUT2D eigenvalue weighted by atomic mass is 10.2. The van der Waals surface area contributed by atoms with E-state index in [1.54, 1.807) is 6.92 Å². The summed E-state index contributed by atoms with van der Waals surface area (Å²) in [6.07, 6.45) is 0. The van der Waals surface area contributed by atoms with E-state index in [1.165, 1.54) is 0 Å². The molecule has 1 atom stereocenters. The first kappa shape index (κ1) is 9.74. The fraction of sp³-hybridized carbons (Fsp3) is 0.300. The molecule has 0 saturated heterocycles. The van der Waals surface area contributed by atoms with E-state index in [-0.39, 0.29) is 5.91 Å². The monoisotopic (exact) mass is 178 g/mol. The fourth-order valence-electron chi connectivity index (χ4n) is 0.946. The predicted octanol–water partition coefficient (Wildman–Crippen LogP) is 0.650. The Morgan fingerprint density at radius 2 is 2.08 bits per heavy atom. The molecule has 3 N–H and O–H groups in total. The molecule has 0 aromatic heterocycles. The normalized spacial score (nSPS) is 12.2. The minimum atomic E-state index is -0.441. The largest absolute Gasteiger partial charge is 0.351 e. The highest BCUT2D eigenvalue weighted by Crippen LogP contribution is 1.96. The van der Waals surface area contributed by atoms with Crippen molar-refractivity contribution in [2.24, 2.45) is 5.73 Å². The van der Waals surface area contributed by atoms with Gasteiger partial charge in [0, 0.05) is 6.54 Å². The lowest BCUT2D eigenvalue weighted by molar-refractivity contribution is -0.122. The molecule has 0 spiro atoms. The molecule has 0 heterocycles. The average Bonchev–Trinajstić information content (AvgIpc) is 2.15. The van der Waals surface area contributed by atoms with Gasteiger partial charge in [0.1, 0.15) is 0 Å². The number of rotatable bonds is 3. The molecule has 0 bridgehead atoms. The van der Waals surface area contributed by atoms with Crippen LogP contribution in [-0.2, 0) is 11.3 Å². The number of carbonyl (C=O) groups excluding carboxylic acids is 1. The Kier molecular flexibility index (Phi) is 3.46. The third-order valence-electron chi connectivity index (χ3n) is 1.72. The maximum absolute atomic E-state index is 11.1. The van der Waals surface area contributed by atoms with Crippen LogP contribution >= 0.6 is 0 Å². The first-order chi connectivity index (χ1) is 6.20. The third kappa shape index (κ3) is 3.25. The van der Waals surface area contributed by atoms with Gasteiger partial charge in [0.25, 0.3) is 0 Å². The number of nitrogens with two attached hydrogens (primary N) is 1. The van der Waals surface area contributed by atoms with Gasteiger partial charge in [-0.2, -0.15) is 0 Å². The van der Waals surface area contributed by atoms with Gasteiger partial charge in [0.05, 0.1) is 6.04 Å². The number of nitrogens with one attached hydrogen (secondary N) is 1. The van der Waals surface area contributed by atoms with Crippen LogP contribution < -0.4 is 11.1 Å². The molecule has 3 heteroatoms. The lowest BCUT2D eigenvalue weighted by Crippen LogP contribution is -2.37. The average molecular weight is 178 g/mol. The van der Waals surface area contributed by atoms with E-state index < -0.39 is 6.04 Å². The summed E-state index contributed by atoms with van der Waals surface area (Å²) in [6, 6.07) is 9.30. The topological polar surface area (TPSA) is 55.1 Å². The van der Waals surface area contributed by atoms with Crippen LogP contribution in [0.3, 0.4) is 0 Å². The smallest absolute Gasteiger partial charge is 0.236 e. The van der Waals surface area contributed by atoms with Crippen molar-refractivity contribution in [3.63, 3.8) is 0 Å². The molecule has 1 rings (SSSR count). The van der Waals surface area contributed by atoms with Crippen LogP contribution in [0.5, 0.6) is 0 Å². The Bertz CT molecular complexity index is 270. The molecule has 0 radical (unpaired) electrons. The summed E-state index contributed by atoms with van der Waals surface area (Å²) in [4.78, 5) is 11.1. The standard InChI is InChI=1S/C10H14N2O/c1-8(11)10(13)12-7-9-5-3-2-4-6-9/h2-6,8H,7,11H2,1H3,(H,12,13)/t8-/m0/s1. The van der Waals surface area contributed by atoms with E-state index in [9.17, 15) is 4.79 Å². The van der Waals surface area contributed by atoms with E-state index in [4.69, 9.17) is 5.73 Å². The van der Waals surface area contributed by atoms with Gasteiger partial charge in [0.15, 0.2) is 0 Å². The molecule has 70 valence electrons. The first-order valence-electron chi connectivity index (χ1n) is 4.27. The number of amides is 1. The van der Waals surface area contributed by atoms with Gasteiger partial charge in [-0.1, -0.05) is 30.3 Å². The summed E-state index contributed by atoms with van der Waals surface area (Å²) < 4.78 is 0. The SMILES string of the molecule is C[C@H](N)C(=O)NCc1ccccc1. The third-order valence-corrected chi connectivity index (χ3v) is 1.72. The zero-order valence-corrected chi connectivity index (χ0v) is 7.66. The summed E-state index contributed by atoms with van der Waals surface area (Å²) in [5.41, 5.74) is 6.47. The molecule has 0 aliphatic heterocycles. The van der Waals surface area contributed by atoms with Crippen molar-refractivity contribution in [2.45, 2.75) is 19.5 Å². The van der Waals surface area contributed by atoms with Crippen molar-refractivity contribution in [3.8, 4) is 0 Å². The second-order valence-corrected chi connectivity index (χ2v) is 2.99. The molecule has 0 aliphatic carbocycles. The van der Waals surface area contributed by atoms with Crippen molar-refractivity contribution in [1.29, 1.82) is 0 Å². The molecular formula is C10H14N2O. The summed E-state index contributed by atoms with van der Waals surface area (Å²) in [5.74, 6) is -0.121. The predicted molar refractivity (Wildman–Crippen MR) is 51.9 cm³/mol. The van der Waals surface area contributed by atoms with Crippen LogP contribution in [0, 0.1) is 0 Å². The molecule has 3 nitrogen and oxygen atoms in total. The van der Waals surface area contributed by atoms with Crippen LogP contribution in [0.1, 0.15) is 12.5 Å². The second kappa shape index (κ2) is 4.62. The highest BCUT2D eigenvalue weighted by molar-refractivity contribution is 5.80. The van der Waals surface area contributed by atoms with E-state index in [1.807, 2.05) is 30.3 Å². The Morgan fingerprint density at radius 3 is 2.62 bits per heavy atom. The molecule has 1 amide bonds. The van der Waals surface area contributed by atoms with Crippen molar-refractivity contribution in [2.75, 3.05) is 0 Å². The number of benzene rings is 1. The van der Waals surface area contributed by atoms with Crippen LogP contribution in [0.25, 0.3) is 0 Å². The summed E-state index contributed by atoms with van der Waals surface area (Å²) >= 11 is 0. The van der Waals surface area contributed by atoms with Crippen LogP contribution in [0.15, 0.2) is 30.3 Å². The first-order valence-corrected chi connectivity index (χ1v) is 4.27. The zero-order valence-electron chi connectivity index (χ0n) is 7.66. The summed E-state index contributed by atoms with van der Waals surface area (Å²) in [5, 5.41) is 2.73. The Balaban J connectivity index is 2.40. The molecular weight excluding hydrogens is 164 g/mol. The van der Waals surface area contributed by atoms with Gasteiger partial charge in [0.2, 0.25) is 5.91 Å². The maximum atomic E-state index is 11.1. The highest BCUT2D eigenvalue weighted by atomic mass is 16.2. The second-order valence-electron chi connectivity index (χ2n) is 2.99. The van der Waals surface area contributed by atoms with Gasteiger partial charge < -0.3 is 11.1 Å². The Labute approximate surface area is 77.9 Å². The number of hydrogen-bond acceptors (Lipinski definition) is 2. The number of carbonyl (C=O) groups is 1. The number of hydrogen-bond donors (Lipinski definition) is 2. The van der Waals surface area contributed by atoms with E-state index >= 15 is 0 Å². The van der Waals surface area contributed by atoms with Crippen LogP contribution in [0.2, 0.25) is 0 Å². The van der Waals surface area contributed by atoms with Gasteiger partial charge >= 0.3 is 0 Å². The molecule has 0 aliphatic rings. The van der Waals surface area contributed by atoms with Gasteiger partial charge in [-0.15, -0.1) is 0 Å². The minimum absolute atomic E-state index is 0.121. The summed E-state index contributed by atoms with van der Waals surface area (Å²) in [6.45, 7) is 2.21. The van der Waals surface area contributed by atoms with Gasteiger partial charge in [-0.05, 0) is 12.5 Å². The molecule has 0 saturated carbocycles. The Morgan fingerprint density at radius 1 is 1.46 bits per heavy atom. The highest BCUT2D eigenvalue weighted by Gasteiger charge is 2.05. The molecule has 1 aromatic rings. The minimum Gasteiger partial charge on any atom is -0.351 e. The van der Waals surface area contributed by atoms with Crippen molar-refractivity contribution < 1.29 is 4.79 Å². The van der Waals surface area contributed by atoms with E-state index in [0.717, 1.165) is 5.56 Å². The van der Waals surface area contributed by atoms with Crippen molar-refractivity contribution in [3.05, 3.63) is 35.9 Å². The molecule has 1 aromatic carbocycles. The van der Waals surface area contributed by atoms with Gasteiger partial charge in [-0.25, -0.2) is 0 Å². The van der Waals surface area contributed by atoms with E-state index in [2.05, 4.69) is 5.32 Å². The summed E-state index contributed by atoms with van der Waals surface area (Å²) in [7, 11) is 0. The van der Waals surface area contributed by atoms with Crippen molar-refractivity contribution >= 4 is 5.91 Å². The molecule has 0 fully saturated rings. The quantitative estimate of drug-likeness (QED) is 0.714. The molecule has 0 unspecified atom stereocenters. The zero-order chi connectivity index (χ0) is 9.68.